The van der Waals surface area contributed by atoms with Crippen LogP contribution in [0.1, 0.15) is 42.5 Å². The van der Waals surface area contributed by atoms with Gasteiger partial charge in [-0.15, -0.1) is 35.3 Å². The van der Waals surface area contributed by atoms with Gasteiger partial charge in [-0.25, -0.2) is 4.98 Å². The van der Waals surface area contributed by atoms with Gasteiger partial charge < -0.3 is 11.1 Å². The molecule has 0 spiro atoms. The number of aliphatic imine (C=N–C) groups is 1. The molecule has 0 aromatic carbocycles. The molecule has 2 rings (SSSR count). The first-order chi connectivity index (χ1) is 10.1. The van der Waals surface area contributed by atoms with Crippen molar-refractivity contribution in [2.24, 2.45) is 10.7 Å². The van der Waals surface area contributed by atoms with Gasteiger partial charge in [0.1, 0.15) is 0 Å². The minimum atomic E-state index is 0. The maximum Gasteiger partial charge on any atom is 0.188 e. The second-order valence-electron chi connectivity index (χ2n) is 5.74. The molecule has 1 aliphatic heterocycles. The van der Waals surface area contributed by atoms with Crippen LogP contribution in [0.2, 0.25) is 0 Å². The van der Waals surface area contributed by atoms with Gasteiger partial charge in [0.25, 0.3) is 0 Å². The van der Waals surface area contributed by atoms with Gasteiger partial charge >= 0.3 is 0 Å². The Hall–Kier alpha value is -0.410. The highest BCUT2D eigenvalue weighted by Gasteiger charge is 2.22. The monoisotopic (exact) mass is 437 g/mol. The van der Waals surface area contributed by atoms with Crippen LogP contribution in [-0.4, -0.2) is 48.1 Å². The molecule has 2 unspecified atom stereocenters. The molecule has 2 heterocycles. The molecule has 1 aromatic heterocycles. The van der Waals surface area contributed by atoms with E-state index in [1.165, 1.54) is 24.3 Å². The van der Waals surface area contributed by atoms with Crippen molar-refractivity contribution < 1.29 is 0 Å². The Morgan fingerprint density at radius 2 is 2.41 bits per heavy atom. The molecule has 7 heteroatoms. The zero-order chi connectivity index (χ0) is 15.2. The van der Waals surface area contributed by atoms with Gasteiger partial charge in [0, 0.05) is 29.6 Å². The van der Waals surface area contributed by atoms with Crippen LogP contribution in [0.5, 0.6) is 0 Å². The number of thiazole rings is 1. The minimum absolute atomic E-state index is 0. The van der Waals surface area contributed by atoms with E-state index in [4.69, 9.17) is 5.73 Å². The molecule has 0 aliphatic carbocycles. The van der Waals surface area contributed by atoms with Gasteiger partial charge in [-0.05, 0) is 32.9 Å². The normalized spacial score (nSPS) is 20.7. The molecule has 5 nitrogen and oxygen atoms in total. The Bertz CT molecular complexity index is 476. The second-order valence-corrected chi connectivity index (χ2v) is 7.01. The first-order valence-electron chi connectivity index (χ1n) is 7.80. The number of aromatic nitrogens is 1. The summed E-state index contributed by atoms with van der Waals surface area (Å²) >= 11 is 1.74. The number of hydrogen-bond donors (Lipinski definition) is 2. The van der Waals surface area contributed by atoms with Crippen LogP contribution in [0, 0.1) is 6.92 Å². The molecule has 126 valence electrons. The molecular weight excluding hydrogens is 409 g/mol. The zero-order valence-corrected chi connectivity index (χ0v) is 16.9. The highest BCUT2D eigenvalue weighted by atomic mass is 127. The summed E-state index contributed by atoms with van der Waals surface area (Å²) in [5.41, 5.74) is 5.97. The van der Waals surface area contributed by atoms with E-state index in [0.717, 1.165) is 18.1 Å². The summed E-state index contributed by atoms with van der Waals surface area (Å²) in [6.07, 6.45) is 4.46. The van der Waals surface area contributed by atoms with Crippen molar-refractivity contribution in [2.45, 2.75) is 45.6 Å². The maximum atomic E-state index is 5.97. The standard InChI is InChI=1S/C15H27N5S.HI/c1-4-20-7-5-6-13(20)10-19-15(16)18-8-11(2)14-17-9-12(3)21-14;/h9,11,13H,4-8,10H2,1-3H3,(H3,16,18,19);1H. The molecule has 0 saturated carbocycles. The number of guanidine groups is 1. The van der Waals surface area contributed by atoms with E-state index in [1.54, 1.807) is 11.3 Å². The molecule has 2 atom stereocenters. The van der Waals surface area contributed by atoms with Gasteiger partial charge in [0.05, 0.1) is 11.6 Å². The SMILES string of the molecule is CCN1CCCC1CNC(N)=NCC(C)c1ncc(C)s1.I. The number of aryl methyl sites for hydroxylation is 1. The van der Waals surface area contributed by atoms with Gasteiger partial charge in [0.15, 0.2) is 5.96 Å². The summed E-state index contributed by atoms with van der Waals surface area (Å²) in [7, 11) is 0. The van der Waals surface area contributed by atoms with Crippen LogP contribution in [0.25, 0.3) is 0 Å². The molecule has 1 saturated heterocycles. The first kappa shape index (κ1) is 19.6. The van der Waals surface area contributed by atoms with Crippen molar-refractivity contribution in [3.8, 4) is 0 Å². The van der Waals surface area contributed by atoms with Crippen molar-refractivity contribution >= 4 is 41.3 Å². The Morgan fingerprint density at radius 1 is 1.64 bits per heavy atom. The number of nitrogens with zero attached hydrogens (tertiary/aromatic N) is 3. The number of likely N-dealkylation sites (tertiary alicyclic amines) is 1. The second kappa shape index (κ2) is 9.67. The summed E-state index contributed by atoms with van der Waals surface area (Å²) in [5.74, 6) is 0.876. The minimum Gasteiger partial charge on any atom is -0.370 e. The highest BCUT2D eigenvalue weighted by Crippen LogP contribution is 2.21. The number of hydrogen-bond acceptors (Lipinski definition) is 4. The largest absolute Gasteiger partial charge is 0.370 e. The van der Waals surface area contributed by atoms with Crippen LogP contribution < -0.4 is 11.1 Å². The predicted molar refractivity (Wildman–Crippen MR) is 105 cm³/mol. The number of nitrogens with two attached hydrogens (primary N) is 1. The summed E-state index contributed by atoms with van der Waals surface area (Å²) in [6, 6.07) is 0.600. The van der Waals surface area contributed by atoms with Crippen molar-refractivity contribution in [2.75, 3.05) is 26.2 Å². The number of rotatable bonds is 6. The first-order valence-corrected chi connectivity index (χ1v) is 8.62. The van der Waals surface area contributed by atoms with E-state index in [9.17, 15) is 0 Å². The third-order valence-corrected chi connectivity index (χ3v) is 5.16. The lowest BCUT2D eigenvalue weighted by Crippen LogP contribution is -2.42. The van der Waals surface area contributed by atoms with E-state index in [2.05, 4.69) is 41.0 Å². The predicted octanol–water partition coefficient (Wildman–Crippen LogP) is 2.56. The molecule has 0 amide bonds. The molecule has 0 bridgehead atoms. The van der Waals surface area contributed by atoms with Crippen LogP contribution in [0.3, 0.4) is 0 Å². The van der Waals surface area contributed by atoms with E-state index in [1.807, 2.05) is 6.20 Å². The summed E-state index contributed by atoms with van der Waals surface area (Å²) in [4.78, 5) is 12.6. The quantitative estimate of drug-likeness (QED) is 0.408. The Morgan fingerprint density at radius 3 is 3.05 bits per heavy atom. The van der Waals surface area contributed by atoms with Crippen LogP contribution in [-0.2, 0) is 0 Å². The number of likely N-dealkylation sites (N-methyl/N-ethyl adjacent to an activating group) is 1. The van der Waals surface area contributed by atoms with Crippen molar-refractivity contribution in [1.29, 1.82) is 0 Å². The van der Waals surface area contributed by atoms with Crippen molar-refractivity contribution in [3.63, 3.8) is 0 Å². The molecule has 1 aromatic rings. The van der Waals surface area contributed by atoms with Crippen LogP contribution >= 0.6 is 35.3 Å². The average Bonchev–Trinajstić information content (AvgIpc) is 3.10. The Balaban J connectivity index is 0.00000242. The fourth-order valence-corrected chi connectivity index (χ4v) is 3.55. The lowest BCUT2D eigenvalue weighted by atomic mass is 10.2. The lowest BCUT2D eigenvalue weighted by Gasteiger charge is -2.23. The molecule has 1 aliphatic rings. The third-order valence-electron chi connectivity index (χ3n) is 4.02. The smallest absolute Gasteiger partial charge is 0.188 e. The van der Waals surface area contributed by atoms with Crippen molar-refractivity contribution in [1.82, 2.24) is 15.2 Å². The van der Waals surface area contributed by atoms with E-state index >= 15 is 0 Å². The molecule has 3 N–H and O–H groups in total. The molecule has 22 heavy (non-hydrogen) atoms. The lowest BCUT2D eigenvalue weighted by molar-refractivity contribution is 0.267. The summed E-state index contributed by atoms with van der Waals surface area (Å²) < 4.78 is 0. The van der Waals surface area contributed by atoms with Gasteiger partial charge in [-0.3, -0.25) is 9.89 Å². The third kappa shape index (κ3) is 5.66. The Labute approximate surface area is 154 Å². The van der Waals surface area contributed by atoms with Crippen LogP contribution in [0.4, 0.5) is 0 Å². The fourth-order valence-electron chi connectivity index (χ4n) is 2.73. The number of nitrogens with one attached hydrogen (secondary N) is 1. The van der Waals surface area contributed by atoms with Crippen LogP contribution in [0.15, 0.2) is 11.2 Å². The van der Waals surface area contributed by atoms with Gasteiger partial charge in [0.2, 0.25) is 0 Å². The zero-order valence-electron chi connectivity index (χ0n) is 13.7. The maximum absolute atomic E-state index is 5.97. The fraction of sp³-hybridized carbons (Fsp3) is 0.733. The van der Waals surface area contributed by atoms with Gasteiger partial charge in [-0.1, -0.05) is 13.8 Å². The molecular formula is C15H28IN5S. The summed E-state index contributed by atoms with van der Waals surface area (Å²) in [5, 5.41) is 4.41. The number of halogens is 1. The Kier molecular flexibility index (Phi) is 8.63. The average molecular weight is 437 g/mol. The van der Waals surface area contributed by atoms with Crippen molar-refractivity contribution in [3.05, 3.63) is 16.1 Å². The van der Waals surface area contributed by atoms with E-state index in [-0.39, 0.29) is 24.0 Å². The summed E-state index contributed by atoms with van der Waals surface area (Å²) in [6.45, 7) is 10.3. The van der Waals surface area contributed by atoms with E-state index in [0.29, 0.717) is 24.5 Å². The molecule has 0 radical (unpaired) electrons. The topological polar surface area (TPSA) is 66.5 Å². The van der Waals surface area contributed by atoms with Gasteiger partial charge in [-0.2, -0.15) is 0 Å². The van der Waals surface area contributed by atoms with E-state index < -0.39 is 0 Å². The molecule has 1 fully saturated rings. The highest BCUT2D eigenvalue weighted by molar-refractivity contribution is 14.0.